The maximum absolute atomic E-state index is 11.4. The molecule has 2 N–H and O–H groups in total. The molecule has 0 fully saturated rings. The molecule has 4 heteroatoms. The van der Waals surface area contributed by atoms with Crippen molar-refractivity contribution in [2.24, 2.45) is 0 Å². The van der Waals surface area contributed by atoms with Crippen LogP contribution in [0, 0.1) is 0 Å². The fraction of sp³-hybridized carbons (Fsp3) is 0.316. The van der Waals surface area contributed by atoms with E-state index in [2.05, 4.69) is 10.1 Å². The van der Waals surface area contributed by atoms with Gasteiger partial charge >= 0.3 is 5.97 Å². The average molecular weight is 313 g/mol. The van der Waals surface area contributed by atoms with E-state index >= 15 is 0 Å². The zero-order valence-electron chi connectivity index (χ0n) is 13.7. The van der Waals surface area contributed by atoms with Crippen LogP contribution in [0.25, 0.3) is 0 Å². The van der Waals surface area contributed by atoms with Gasteiger partial charge in [-0.1, -0.05) is 42.5 Å². The smallest absolute Gasteiger partial charge is 0.337 e. The number of hydrogen-bond acceptors (Lipinski definition) is 4. The van der Waals surface area contributed by atoms with Crippen LogP contribution in [0.15, 0.2) is 54.6 Å². The first-order valence-corrected chi connectivity index (χ1v) is 7.65. The number of carbonyl (C=O) groups excluding carboxylic acids is 1. The van der Waals surface area contributed by atoms with Gasteiger partial charge in [0.1, 0.15) is 5.72 Å². The molecule has 0 radical (unpaired) electrons. The highest BCUT2D eigenvalue weighted by Crippen LogP contribution is 2.18. The van der Waals surface area contributed by atoms with Gasteiger partial charge < -0.3 is 9.84 Å². The molecule has 0 bridgehead atoms. The number of benzene rings is 2. The zero-order valence-corrected chi connectivity index (χ0v) is 13.7. The van der Waals surface area contributed by atoms with Crippen molar-refractivity contribution in [2.45, 2.75) is 32.0 Å². The van der Waals surface area contributed by atoms with Gasteiger partial charge in [0.05, 0.1) is 12.7 Å². The van der Waals surface area contributed by atoms with E-state index in [1.807, 2.05) is 49.4 Å². The summed E-state index contributed by atoms with van der Waals surface area (Å²) in [7, 11) is 1.37. The SMILES string of the molecule is COC(=O)c1ccc(CC(C)N[C@](C)(O)c2ccccc2)cc1. The molecule has 2 rings (SSSR count). The van der Waals surface area contributed by atoms with Crippen molar-refractivity contribution in [2.75, 3.05) is 7.11 Å². The minimum atomic E-state index is -1.09. The molecule has 2 aromatic carbocycles. The molecular formula is C19H23NO3. The third-order valence-electron chi connectivity index (χ3n) is 3.78. The molecule has 0 spiro atoms. The Morgan fingerprint density at radius 1 is 1.17 bits per heavy atom. The molecule has 4 nitrogen and oxygen atoms in total. The van der Waals surface area contributed by atoms with Crippen molar-refractivity contribution in [3.05, 3.63) is 71.3 Å². The summed E-state index contributed by atoms with van der Waals surface area (Å²) in [6.07, 6.45) is 0.741. The molecular weight excluding hydrogens is 290 g/mol. The molecule has 2 atom stereocenters. The quantitative estimate of drug-likeness (QED) is 0.636. The molecule has 0 saturated carbocycles. The summed E-state index contributed by atoms with van der Waals surface area (Å²) < 4.78 is 4.69. The summed E-state index contributed by atoms with van der Waals surface area (Å²) in [4.78, 5) is 11.4. The Kier molecular flexibility index (Phi) is 5.53. The van der Waals surface area contributed by atoms with Crippen LogP contribution >= 0.6 is 0 Å². The summed E-state index contributed by atoms with van der Waals surface area (Å²) in [5, 5.41) is 13.8. The Labute approximate surface area is 137 Å². The first-order valence-electron chi connectivity index (χ1n) is 7.65. The largest absolute Gasteiger partial charge is 0.465 e. The van der Waals surface area contributed by atoms with E-state index < -0.39 is 5.72 Å². The van der Waals surface area contributed by atoms with Gasteiger partial charge in [-0.15, -0.1) is 0 Å². The van der Waals surface area contributed by atoms with Crippen molar-refractivity contribution >= 4 is 5.97 Å². The lowest BCUT2D eigenvalue weighted by Gasteiger charge is -2.29. The van der Waals surface area contributed by atoms with Crippen LogP contribution in [0.3, 0.4) is 0 Å². The number of methoxy groups -OCH3 is 1. The third kappa shape index (κ3) is 4.65. The van der Waals surface area contributed by atoms with Crippen LogP contribution in [0.4, 0.5) is 0 Å². The van der Waals surface area contributed by atoms with Crippen LogP contribution in [0.5, 0.6) is 0 Å². The molecule has 0 aliphatic carbocycles. The van der Waals surface area contributed by atoms with Crippen molar-refractivity contribution in [1.82, 2.24) is 5.32 Å². The van der Waals surface area contributed by atoms with E-state index in [1.54, 1.807) is 19.1 Å². The van der Waals surface area contributed by atoms with Crippen molar-refractivity contribution in [3.8, 4) is 0 Å². The van der Waals surface area contributed by atoms with E-state index in [9.17, 15) is 9.90 Å². The van der Waals surface area contributed by atoms with Gasteiger partial charge in [0.25, 0.3) is 0 Å². The molecule has 0 amide bonds. The lowest BCUT2D eigenvalue weighted by atomic mass is 10.0. The number of aliphatic hydroxyl groups is 1. The first kappa shape index (κ1) is 17.2. The zero-order chi connectivity index (χ0) is 16.9. The topological polar surface area (TPSA) is 58.6 Å². The number of esters is 1. The summed E-state index contributed by atoms with van der Waals surface area (Å²) in [6, 6.07) is 16.9. The van der Waals surface area contributed by atoms with Crippen molar-refractivity contribution in [1.29, 1.82) is 0 Å². The van der Waals surface area contributed by atoms with Crippen LogP contribution in [-0.2, 0) is 16.9 Å². The Bertz CT molecular complexity index is 635. The maximum atomic E-state index is 11.4. The summed E-state index contributed by atoms with van der Waals surface area (Å²) in [5.41, 5.74) is 1.36. The Morgan fingerprint density at radius 2 is 1.78 bits per heavy atom. The molecule has 1 unspecified atom stereocenters. The predicted octanol–water partition coefficient (Wildman–Crippen LogP) is 2.86. The molecule has 0 aromatic heterocycles. The summed E-state index contributed by atoms with van der Waals surface area (Å²) >= 11 is 0. The molecule has 0 heterocycles. The van der Waals surface area contributed by atoms with Gasteiger partial charge in [-0.25, -0.2) is 4.79 Å². The molecule has 0 aliphatic heterocycles. The van der Waals surface area contributed by atoms with Gasteiger partial charge in [0.15, 0.2) is 0 Å². The van der Waals surface area contributed by atoms with Crippen LogP contribution in [0.1, 0.15) is 35.3 Å². The van der Waals surface area contributed by atoms with Gasteiger partial charge in [-0.3, -0.25) is 5.32 Å². The number of rotatable bonds is 6. The maximum Gasteiger partial charge on any atom is 0.337 e. The highest BCUT2D eigenvalue weighted by atomic mass is 16.5. The summed E-state index contributed by atoms with van der Waals surface area (Å²) in [6.45, 7) is 3.77. The lowest BCUT2D eigenvalue weighted by molar-refractivity contribution is 0.00971. The monoisotopic (exact) mass is 313 g/mol. The Hall–Kier alpha value is -2.17. The molecule has 0 saturated heterocycles. The Balaban J connectivity index is 1.99. The molecule has 0 aliphatic rings. The van der Waals surface area contributed by atoms with E-state index in [4.69, 9.17) is 0 Å². The second-order valence-electron chi connectivity index (χ2n) is 5.88. The second kappa shape index (κ2) is 7.40. The van der Waals surface area contributed by atoms with Gasteiger partial charge in [0, 0.05) is 6.04 Å². The minimum absolute atomic E-state index is 0.0641. The minimum Gasteiger partial charge on any atom is -0.465 e. The second-order valence-corrected chi connectivity index (χ2v) is 5.88. The Morgan fingerprint density at radius 3 is 2.35 bits per heavy atom. The van der Waals surface area contributed by atoms with Gasteiger partial charge in [-0.2, -0.15) is 0 Å². The highest BCUT2D eigenvalue weighted by molar-refractivity contribution is 5.89. The number of ether oxygens (including phenoxy) is 1. The average Bonchev–Trinajstić information content (AvgIpc) is 2.55. The number of hydrogen-bond donors (Lipinski definition) is 2. The molecule has 2 aromatic rings. The van der Waals surface area contributed by atoms with Crippen LogP contribution in [0.2, 0.25) is 0 Å². The fourth-order valence-corrected chi connectivity index (χ4v) is 2.63. The predicted molar refractivity (Wildman–Crippen MR) is 90.1 cm³/mol. The van der Waals surface area contributed by atoms with Crippen molar-refractivity contribution < 1.29 is 14.6 Å². The lowest BCUT2D eigenvalue weighted by Crippen LogP contribution is -2.45. The van der Waals surface area contributed by atoms with Gasteiger partial charge in [-0.05, 0) is 43.5 Å². The van der Waals surface area contributed by atoms with E-state index in [0.29, 0.717) is 5.56 Å². The summed E-state index contributed by atoms with van der Waals surface area (Å²) in [5.74, 6) is -0.338. The van der Waals surface area contributed by atoms with Crippen LogP contribution < -0.4 is 5.32 Å². The highest BCUT2D eigenvalue weighted by Gasteiger charge is 2.24. The normalized spacial score (nSPS) is 14.8. The fourth-order valence-electron chi connectivity index (χ4n) is 2.63. The van der Waals surface area contributed by atoms with Gasteiger partial charge in [0.2, 0.25) is 0 Å². The number of nitrogens with one attached hydrogen (secondary N) is 1. The molecule has 23 heavy (non-hydrogen) atoms. The first-order chi connectivity index (χ1) is 10.9. The molecule has 122 valence electrons. The van der Waals surface area contributed by atoms with E-state index in [0.717, 1.165) is 17.5 Å². The van der Waals surface area contributed by atoms with Crippen LogP contribution in [-0.4, -0.2) is 24.2 Å². The van der Waals surface area contributed by atoms with Crippen molar-refractivity contribution in [3.63, 3.8) is 0 Å². The van der Waals surface area contributed by atoms with E-state index in [1.165, 1.54) is 7.11 Å². The third-order valence-corrected chi connectivity index (χ3v) is 3.78. The standard InChI is InChI=1S/C19H23NO3/c1-14(20-19(2,22)17-7-5-4-6-8-17)13-15-9-11-16(12-10-15)18(21)23-3/h4-12,14,20,22H,13H2,1-3H3/t14?,19-/m1/s1. The van der Waals surface area contributed by atoms with E-state index in [-0.39, 0.29) is 12.0 Å². The number of carbonyl (C=O) groups is 1.